The number of carbonyl (C=O) groups is 1. The average Bonchev–Trinajstić information content (AvgIpc) is 3.30. The van der Waals surface area contributed by atoms with Crippen LogP contribution in [0.1, 0.15) is 29.3 Å². The van der Waals surface area contributed by atoms with Crippen LogP contribution in [0.25, 0.3) is 0 Å². The lowest BCUT2D eigenvalue weighted by molar-refractivity contribution is -0.121. The summed E-state index contributed by atoms with van der Waals surface area (Å²) in [5, 5.41) is 2.99. The van der Waals surface area contributed by atoms with Gasteiger partial charge in [-0.25, -0.2) is 8.78 Å². The summed E-state index contributed by atoms with van der Waals surface area (Å²) in [6, 6.07) is 3.68. The van der Waals surface area contributed by atoms with E-state index in [-0.39, 0.29) is 24.3 Å². The first-order valence-electron chi connectivity index (χ1n) is 9.02. The van der Waals surface area contributed by atoms with E-state index in [1.807, 2.05) is 16.2 Å². The Morgan fingerprint density at radius 3 is 2.74 bits per heavy atom. The molecule has 1 fully saturated rings. The molecule has 2 aromatic rings. The third kappa shape index (κ3) is 3.55. The summed E-state index contributed by atoms with van der Waals surface area (Å²) in [5.41, 5.74) is 2.44. The summed E-state index contributed by atoms with van der Waals surface area (Å²) < 4.78 is 36.9. The molecule has 1 saturated heterocycles. The fourth-order valence-corrected chi connectivity index (χ4v) is 4.32. The first-order valence-corrected chi connectivity index (χ1v) is 9.43. The van der Waals surface area contributed by atoms with Crippen LogP contribution in [0.4, 0.5) is 8.78 Å². The van der Waals surface area contributed by atoms with E-state index in [4.69, 9.17) is 17.0 Å². The van der Waals surface area contributed by atoms with Gasteiger partial charge in [-0.3, -0.25) is 4.79 Å². The molecule has 2 unspecified atom stereocenters. The molecule has 0 aliphatic carbocycles. The predicted octanol–water partition coefficient (Wildman–Crippen LogP) is 2.62. The number of hydrogen-bond donors (Lipinski definition) is 1. The molecule has 3 heterocycles. The Morgan fingerprint density at radius 2 is 2.07 bits per heavy atom. The fourth-order valence-electron chi connectivity index (χ4n) is 4.03. The van der Waals surface area contributed by atoms with Crippen LogP contribution in [0, 0.1) is 16.4 Å². The van der Waals surface area contributed by atoms with Gasteiger partial charge in [0.25, 0.3) is 0 Å². The zero-order chi connectivity index (χ0) is 19.1. The van der Waals surface area contributed by atoms with E-state index in [1.165, 1.54) is 12.1 Å². The Balaban J connectivity index is 1.56. The van der Waals surface area contributed by atoms with Crippen molar-refractivity contribution in [1.29, 1.82) is 0 Å². The summed E-state index contributed by atoms with van der Waals surface area (Å²) in [6.45, 7) is 1.77. The summed E-state index contributed by atoms with van der Waals surface area (Å²) in [7, 11) is 1.85. The van der Waals surface area contributed by atoms with Crippen molar-refractivity contribution >= 4 is 18.1 Å². The number of fused-ring (bicyclic) bond motifs is 1. The van der Waals surface area contributed by atoms with Gasteiger partial charge in [0.2, 0.25) is 5.91 Å². The second-order valence-electron chi connectivity index (χ2n) is 7.25. The van der Waals surface area contributed by atoms with E-state index in [2.05, 4.69) is 5.32 Å². The molecule has 1 amide bonds. The molecule has 5 nitrogen and oxygen atoms in total. The van der Waals surface area contributed by atoms with Crippen LogP contribution in [0.3, 0.4) is 0 Å². The van der Waals surface area contributed by atoms with Crippen molar-refractivity contribution in [3.63, 3.8) is 0 Å². The highest BCUT2D eigenvalue weighted by atomic mass is 32.1. The van der Waals surface area contributed by atoms with Gasteiger partial charge in [-0.2, -0.15) is 0 Å². The van der Waals surface area contributed by atoms with Crippen molar-refractivity contribution in [2.45, 2.75) is 37.8 Å². The Kier molecular flexibility index (Phi) is 4.86. The third-order valence-electron chi connectivity index (χ3n) is 5.40. The summed E-state index contributed by atoms with van der Waals surface area (Å²) in [4.78, 5) is 12.4. The van der Waals surface area contributed by atoms with Gasteiger partial charge in [0, 0.05) is 43.6 Å². The number of halogens is 2. The molecule has 0 radical (unpaired) electrons. The van der Waals surface area contributed by atoms with Crippen molar-refractivity contribution in [2.75, 3.05) is 13.2 Å². The number of ether oxygens (including phenoxy) is 1. The molecule has 27 heavy (non-hydrogen) atoms. The van der Waals surface area contributed by atoms with Crippen LogP contribution < -0.4 is 5.32 Å². The van der Waals surface area contributed by atoms with Gasteiger partial charge in [-0.1, -0.05) is 0 Å². The third-order valence-corrected chi connectivity index (χ3v) is 5.90. The minimum atomic E-state index is -0.580. The highest BCUT2D eigenvalue weighted by Gasteiger charge is 2.30. The summed E-state index contributed by atoms with van der Waals surface area (Å²) in [6.07, 6.45) is 1.65. The van der Waals surface area contributed by atoms with Gasteiger partial charge < -0.3 is 19.2 Å². The maximum absolute atomic E-state index is 13.6. The van der Waals surface area contributed by atoms with E-state index in [0.717, 1.165) is 23.9 Å². The van der Waals surface area contributed by atoms with Crippen LogP contribution in [0.2, 0.25) is 0 Å². The van der Waals surface area contributed by atoms with Gasteiger partial charge >= 0.3 is 0 Å². The topological polar surface area (TPSA) is 48.2 Å². The molecule has 2 aliphatic heterocycles. The molecule has 1 N–H and O–H groups in total. The SMILES string of the molecule is Cn1c(CC(=O)NC2CCOC2)c2n(c1=S)CC(c1cc(F)cc(F)c1)C2. The largest absolute Gasteiger partial charge is 0.379 e. The number of hydrogen-bond acceptors (Lipinski definition) is 3. The van der Waals surface area contributed by atoms with Crippen molar-refractivity contribution in [1.82, 2.24) is 14.5 Å². The molecule has 0 saturated carbocycles. The molecule has 2 atom stereocenters. The minimum Gasteiger partial charge on any atom is -0.379 e. The highest BCUT2D eigenvalue weighted by molar-refractivity contribution is 7.71. The molecule has 2 aliphatic rings. The van der Waals surface area contributed by atoms with Crippen LogP contribution in [0.5, 0.6) is 0 Å². The van der Waals surface area contributed by atoms with Gasteiger partial charge in [0.1, 0.15) is 11.6 Å². The van der Waals surface area contributed by atoms with Crippen molar-refractivity contribution in [2.24, 2.45) is 7.05 Å². The zero-order valence-corrected chi connectivity index (χ0v) is 15.8. The Bertz CT molecular complexity index is 927. The van der Waals surface area contributed by atoms with Crippen LogP contribution in [-0.2, 0) is 36.0 Å². The van der Waals surface area contributed by atoms with E-state index >= 15 is 0 Å². The number of imidazole rings is 1. The number of nitrogens with zero attached hydrogens (tertiary/aromatic N) is 2. The highest BCUT2D eigenvalue weighted by Crippen LogP contribution is 2.33. The number of rotatable bonds is 4. The average molecular weight is 393 g/mol. The van der Waals surface area contributed by atoms with Crippen molar-refractivity contribution in [3.8, 4) is 0 Å². The molecule has 0 bridgehead atoms. The molecule has 1 aromatic carbocycles. The molecule has 0 spiro atoms. The van der Waals surface area contributed by atoms with E-state index in [1.54, 1.807) is 0 Å². The normalized spacial score (nSPS) is 21.4. The maximum atomic E-state index is 13.6. The Hall–Kier alpha value is -2.06. The number of amides is 1. The standard InChI is InChI=1S/C19H21F2N3O2S/c1-23-16(8-18(25)22-15-2-3-26-10-15)17-6-12(9-24(17)19(23)27)11-4-13(20)7-14(21)5-11/h4-5,7,12,15H,2-3,6,8-10H2,1H3,(H,22,25). The van der Waals surface area contributed by atoms with Crippen LogP contribution in [0.15, 0.2) is 18.2 Å². The lowest BCUT2D eigenvalue weighted by Gasteiger charge is -2.13. The van der Waals surface area contributed by atoms with E-state index in [9.17, 15) is 13.6 Å². The number of aromatic nitrogens is 2. The van der Waals surface area contributed by atoms with Crippen LogP contribution in [-0.4, -0.2) is 34.3 Å². The lowest BCUT2D eigenvalue weighted by atomic mass is 9.96. The Morgan fingerprint density at radius 1 is 1.33 bits per heavy atom. The monoisotopic (exact) mass is 393 g/mol. The quantitative estimate of drug-likeness (QED) is 0.813. The van der Waals surface area contributed by atoms with Crippen LogP contribution >= 0.6 is 12.2 Å². The molecule has 4 rings (SSSR count). The second-order valence-corrected chi connectivity index (χ2v) is 7.62. The first-order chi connectivity index (χ1) is 12.9. The second kappa shape index (κ2) is 7.16. The van der Waals surface area contributed by atoms with E-state index < -0.39 is 11.6 Å². The van der Waals surface area contributed by atoms with Gasteiger partial charge in [-0.15, -0.1) is 0 Å². The molecule has 8 heteroatoms. The van der Waals surface area contributed by atoms with Gasteiger partial charge in [0.05, 0.1) is 19.1 Å². The maximum Gasteiger partial charge on any atom is 0.226 e. The number of carbonyl (C=O) groups excluding carboxylic acids is 1. The van der Waals surface area contributed by atoms with Crippen molar-refractivity contribution < 1.29 is 18.3 Å². The first kappa shape index (κ1) is 18.3. The van der Waals surface area contributed by atoms with Crippen molar-refractivity contribution in [3.05, 3.63) is 51.6 Å². The predicted molar refractivity (Wildman–Crippen MR) is 98.1 cm³/mol. The lowest BCUT2D eigenvalue weighted by Crippen LogP contribution is -2.36. The molecule has 1 aromatic heterocycles. The molecular formula is C19H21F2N3O2S. The Labute approximate surface area is 160 Å². The molecule has 144 valence electrons. The van der Waals surface area contributed by atoms with E-state index in [0.29, 0.717) is 36.5 Å². The summed E-state index contributed by atoms with van der Waals surface area (Å²) >= 11 is 5.52. The zero-order valence-electron chi connectivity index (χ0n) is 15.0. The summed E-state index contributed by atoms with van der Waals surface area (Å²) in [5.74, 6) is -1.28. The number of nitrogens with one attached hydrogen (secondary N) is 1. The van der Waals surface area contributed by atoms with Gasteiger partial charge in [0.15, 0.2) is 4.77 Å². The fraction of sp³-hybridized carbons (Fsp3) is 0.474. The minimum absolute atomic E-state index is 0.0573. The van der Waals surface area contributed by atoms with Gasteiger partial charge in [-0.05, 0) is 42.8 Å². The molecular weight excluding hydrogens is 372 g/mol. The smallest absolute Gasteiger partial charge is 0.226 e. The number of benzene rings is 1.